The number of nitrogens with zero attached hydrogens (tertiary/aromatic N) is 5. The predicted octanol–water partition coefficient (Wildman–Crippen LogP) is 0.326. The van der Waals surface area contributed by atoms with Gasteiger partial charge in [0.15, 0.2) is 0 Å². The minimum absolute atomic E-state index is 0.0503. The summed E-state index contributed by atoms with van der Waals surface area (Å²) >= 11 is 0. The number of benzene rings is 1. The number of amides is 1. The van der Waals surface area contributed by atoms with Gasteiger partial charge in [0.05, 0.1) is 25.3 Å². The maximum absolute atomic E-state index is 12.4. The number of hydrogen-bond donors (Lipinski definition) is 0. The number of tetrazole rings is 1. The highest BCUT2D eigenvalue weighted by Gasteiger charge is 2.13. The Morgan fingerprint density at radius 3 is 2.30 bits per heavy atom. The zero-order chi connectivity index (χ0) is 16.5. The van der Waals surface area contributed by atoms with Gasteiger partial charge in [0, 0.05) is 27.3 Å². The van der Waals surface area contributed by atoms with Crippen LogP contribution in [0, 0.1) is 0 Å². The van der Waals surface area contributed by atoms with Crippen LogP contribution in [0.25, 0.3) is 5.69 Å². The molecule has 8 heteroatoms. The van der Waals surface area contributed by atoms with Gasteiger partial charge in [-0.15, -0.1) is 5.10 Å². The molecule has 0 atom stereocenters. The average molecular weight is 319 g/mol. The zero-order valence-corrected chi connectivity index (χ0v) is 13.4. The summed E-state index contributed by atoms with van der Waals surface area (Å²) in [7, 11) is 3.24. The Kier molecular flexibility index (Phi) is 6.64. The van der Waals surface area contributed by atoms with E-state index in [-0.39, 0.29) is 5.91 Å². The predicted molar refractivity (Wildman–Crippen MR) is 83.2 cm³/mol. The van der Waals surface area contributed by atoms with Crippen LogP contribution >= 0.6 is 0 Å². The largest absolute Gasteiger partial charge is 0.383 e. The molecule has 0 fully saturated rings. The topological polar surface area (TPSA) is 82.4 Å². The van der Waals surface area contributed by atoms with Crippen LogP contribution in [0.1, 0.15) is 5.56 Å². The summed E-state index contributed by atoms with van der Waals surface area (Å²) in [6.07, 6.45) is 1.86. The average Bonchev–Trinajstić information content (AvgIpc) is 3.10. The number of carbonyl (C=O) groups excluding carboxylic acids is 1. The third-order valence-corrected chi connectivity index (χ3v) is 3.39. The summed E-state index contributed by atoms with van der Waals surface area (Å²) in [5, 5.41) is 11.0. The summed E-state index contributed by atoms with van der Waals surface area (Å²) in [6, 6.07) is 7.57. The van der Waals surface area contributed by atoms with Crippen LogP contribution < -0.4 is 0 Å². The van der Waals surface area contributed by atoms with Gasteiger partial charge in [-0.25, -0.2) is 4.68 Å². The van der Waals surface area contributed by atoms with Crippen molar-refractivity contribution in [3.63, 3.8) is 0 Å². The molecule has 1 amide bonds. The van der Waals surface area contributed by atoms with Gasteiger partial charge >= 0.3 is 0 Å². The van der Waals surface area contributed by atoms with Crippen molar-refractivity contribution < 1.29 is 14.3 Å². The first-order valence-electron chi connectivity index (χ1n) is 7.32. The van der Waals surface area contributed by atoms with Gasteiger partial charge in [-0.1, -0.05) is 12.1 Å². The lowest BCUT2D eigenvalue weighted by Gasteiger charge is -2.22. The highest BCUT2D eigenvalue weighted by Crippen LogP contribution is 2.09. The van der Waals surface area contributed by atoms with Crippen molar-refractivity contribution in [2.75, 3.05) is 40.5 Å². The van der Waals surface area contributed by atoms with E-state index < -0.39 is 0 Å². The van der Waals surface area contributed by atoms with Crippen molar-refractivity contribution in [2.24, 2.45) is 0 Å². The van der Waals surface area contributed by atoms with Crippen LogP contribution in [0.4, 0.5) is 0 Å². The summed E-state index contributed by atoms with van der Waals surface area (Å²) < 4.78 is 11.7. The summed E-state index contributed by atoms with van der Waals surface area (Å²) in [4.78, 5) is 14.2. The lowest BCUT2D eigenvalue weighted by molar-refractivity contribution is -0.131. The van der Waals surface area contributed by atoms with E-state index in [1.54, 1.807) is 23.8 Å². The SMILES string of the molecule is COCCN(CCOC)C(=O)Cc1ccc(-n2cnnn2)cc1. The van der Waals surface area contributed by atoms with Crippen molar-refractivity contribution >= 4 is 5.91 Å². The Morgan fingerprint density at radius 1 is 1.13 bits per heavy atom. The molecular formula is C15H21N5O3. The Hall–Kier alpha value is -2.32. The Bertz CT molecular complexity index is 578. The van der Waals surface area contributed by atoms with Crippen LogP contribution in [0.15, 0.2) is 30.6 Å². The van der Waals surface area contributed by atoms with E-state index in [4.69, 9.17) is 9.47 Å². The second kappa shape index (κ2) is 8.96. The smallest absolute Gasteiger partial charge is 0.227 e. The molecule has 0 spiro atoms. The van der Waals surface area contributed by atoms with E-state index in [0.29, 0.717) is 32.7 Å². The van der Waals surface area contributed by atoms with Crippen LogP contribution in [0.2, 0.25) is 0 Å². The number of carbonyl (C=O) groups is 1. The first kappa shape index (κ1) is 17.0. The summed E-state index contributed by atoms with van der Waals surface area (Å²) in [6.45, 7) is 2.13. The molecule has 0 radical (unpaired) electrons. The Labute approximate surface area is 135 Å². The van der Waals surface area contributed by atoms with Crippen LogP contribution in [0.5, 0.6) is 0 Å². The molecule has 124 valence electrons. The summed E-state index contributed by atoms with van der Waals surface area (Å²) in [5.74, 6) is 0.0503. The molecular weight excluding hydrogens is 298 g/mol. The number of methoxy groups -OCH3 is 2. The standard InChI is InChI=1S/C15H21N5O3/c1-22-9-7-19(8-10-23-2)15(21)11-13-3-5-14(6-4-13)20-12-16-17-18-20/h3-6,12H,7-11H2,1-2H3. The van der Waals surface area contributed by atoms with E-state index in [2.05, 4.69) is 15.5 Å². The van der Waals surface area contributed by atoms with E-state index in [0.717, 1.165) is 11.3 Å². The molecule has 0 N–H and O–H groups in total. The van der Waals surface area contributed by atoms with Gasteiger partial charge in [0.25, 0.3) is 0 Å². The molecule has 0 saturated carbocycles. The second-order valence-corrected chi connectivity index (χ2v) is 4.96. The maximum Gasteiger partial charge on any atom is 0.227 e. The van der Waals surface area contributed by atoms with Crippen molar-refractivity contribution in [3.8, 4) is 5.69 Å². The molecule has 8 nitrogen and oxygen atoms in total. The van der Waals surface area contributed by atoms with Crippen molar-refractivity contribution in [1.29, 1.82) is 0 Å². The second-order valence-electron chi connectivity index (χ2n) is 4.96. The molecule has 0 aliphatic heterocycles. The molecule has 0 aliphatic carbocycles. The van der Waals surface area contributed by atoms with E-state index in [1.807, 2.05) is 24.3 Å². The van der Waals surface area contributed by atoms with Crippen LogP contribution in [-0.2, 0) is 20.7 Å². The minimum atomic E-state index is 0.0503. The van der Waals surface area contributed by atoms with Gasteiger partial charge in [0.1, 0.15) is 6.33 Å². The van der Waals surface area contributed by atoms with Crippen LogP contribution in [0.3, 0.4) is 0 Å². The molecule has 0 saturated heterocycles. The van der Waals surface area contributed by atoms with Crippen LogP contribution in [-0.4, -0.2) is 71.5 Å². The fraction of sp³-hybridized carbons (Fsp3) is 0.467. The molecule has 2 aromatic rings. The van der Waals surface area contributed by atoms with Crippen molar-refractivity contribution in [1.82, 2.24) is 25.1 Å². The minimum Gasteiger partial charge on any atom is -0.383 e. The zero-order valence-electron chi connectivity index (χ0n) is 13.4. The highest BCUT2D eigenvalue weighted by molar-refractivity contribution is 5.78. The van der Waals surface area contributed by atoms with Crippen molar-refractivity contribution in [2.45, 2.75) is 6.42 Å². The molecule has 2 rings (SSSR count). The van der Waals surface area contributed by atoms with Gasteiger partial charge in [-0.05, 0) is 28.1 Å². The molecule has 0 bridgehead atoms. The lowest BCUT2D eigenvalue weighted by Crippen LogP contribution is -2.37. The summed E-state index contributed by atoms with van der Waals surface area (Å²) in [5.41, 5.74) is 1.79. The number of hydrogen-bond acceptors (Lipinski definition) is 6. The lowest BCUT2D eigenvalue weighted by atomic mass is 10.1. The van der Waals surface area contributed by atoms with E-state index in [1.165, 1.54) is 6.33 Å². The van der Waals surface area contributed by atoms with E-state index in [9.17, 15) is 4.79 Å². The molecule has 0 aliphatic rings. The Balaban J connectivity index is 1.96. The first-order valence-corrected chi connectivity index (χ1v) is 7.32. The first-order chi connectivity index (χ1) is 11.2. The fourth-order valence-electron chi connectivity index (χ4n) is 2.10. The monoisotopic (exact) mass is 319 g/mol. The van der Waals surface area contributed by atoms with Gasteiger partial charge in [-0.3, -0.25) is 4.79 Å². The fourth-order valence-corrected chi connectivity index (χ4v) is 2.10. The van der Waals surface area contributed by atoms with E-state index >= 15 is 0 Å². The quantitative estimate of drug-likeness (QED) is 0.662. The number of rotatable bonds is 9. The molecule has 1 aromatic carbocycles. The third kappa shape index (κ3) is 5.11. The maximum atomic E-state index is 12.4. The normalized spacial score (nSPS) is 10.7. The van der Waals surface area contributed by atoms with Gasteiger partial charge in [-0.2, -0.15) is 0 Å². The molecule has 1 heterocycles. The molecule has 1 aromatic heterocycles. The van der Waals surface area contributed by atoms with Crippen molar-refractivity contribution in [3.05, 3.63) is 36.2 Å². The third-order valence-electron chi connectivity index (χ3n) is 3.39. The molecule has 23 heavy (non-hydrogen) atoms. The number of aromatic nitrogens is 4. The number of ether oxygens (including phenoxy) is 2. The van der Waals surface area contributed by atoms with Gasteiger partial charge in [0.2, 0.25) is 5.91 Å². The Morgan fingerprint density at radius 2 is 1.78 bits per heavy atom. The molecule has 0 unspecified atom stereocenters. The highest BCUT2D eigenvalue weighted by atomic mass is 16.5. The van der Waals surface area contributed by atoms with Gasteiger partial charge < -0.3 is 14.4 Å².